The predicted octanol–water partition coefficient (Wildman–Crippen LogP) is 2.76. The first-order valence-electron chi connectivity index (χ1n) is 8.04. The lowest BCUT2D eigenvalue weighted by atomic mass is 10.0. The number of aromatic amines is 2. The molecule has 2 N–H and O–H groups in total. The molecule has 2 aromatic carbocycles. The fourth-order valence-electron chi connectivity index (χ4n) is 2.90. The predicted molar refractivity (Wildman–Crippen MR) is 102 cm³/mol. The Morgan fingerprint density at radius 2 is 1.69 bits per heavy atom. The third-order valence-corrected chi connectivity index (χ3v) is 4.75. The smallest absolute Gasteiger partial charge is 0.314 e. The number of halogens is 1. The Hall–Kier alpha value is -2.86. The molecule has 0 spiro atoms. The van der Waals surface area contributed by atoms with Gasteiger partial charge >= 0.3 is 11.1 Å². The first-order valence-corrected chi connectivity index (χ1v) is 8.42. The number of hydrogen-bond acceptors (Lipinski definition) is 3. The number of amides is 1. The van der Waals surface area contributed by atoms with Crippen LogP contribution >= 0.6 is 11.6 Å². The van der Waals surface area contributed by atoms with Gasteiger partial charge in [0.15, 0.2) is 0 Å². The largest absolute Gasteiger partial charge is 0.337 e. The first-order chi connectivity index (χ1) is 12.3. The van der Waals surface area contributed by atoms with Crippen LogP contribution in [0.4, 0.5) is 0 Å². The molecule has 0 aliphatic rings. The van der Waals surface area contributed by atoms with E-state index in [4.69, 9.17) is 11.6 Å². The molecule has 7 heteroatoms. The summed E-state index contributed by atoms with van der Waals surface area (Å²) >= 11 is 5.87. The number of fused-ring (bicyclic) bond motifs is 1. The molecule has 0 aliphatic carbocycles. The van der Waals surface area contributed by atoms with Crippen LogP contribution < -0.4 is 11.1 Å². The molecule has 0 atom stereocenters. The summed E-state index contributed by atoms with van der Waals surface area (Å²) in [6, 6.07) is 8.48. The van der Waals surface area contributed by atoms with E-state index in [9.17, 15) is 14.4 Å². The quantitative estimate of drug-likeness (QED) is 0.694. The number of nitrogens with one attached hydrogen (secondary N) is 2. The fraction of sp³-hybridized carbons (Fsp3) is 0.211. The Morgan fingerprint density at radius 3 is 2.35 bits per heavy atom. The lowest BCUT2D eigenvalue weighted by molar-refractivity contribution is 0.0785. The monoisotopic (exact) mass is 371 g/mol. The summed E-state index contributed by atoms with van der Waals surface area (Å²) in [4.78, 5) is 42.8. The van der Waals surface area contributed by atoms with Gasteiger partial charge in [-0.25, -0.2) is 0 Å². The second-order valence-corrected chi connectivity index (χ2v) is 6.73. The van der Waals surface area contributed by atoms with Crippen LogP contribution in [-0.2, 0) is 6.54 Å². The van der Waals surface area contributed by atoms with Crippen LogP contribution in [0.5, 0.6) is 0 Å². The van der Waals surface area contributed by atoms with Gasteiger partial charge in [-0.3, -0.25) is 14.4 Å². The standard InChI is InChI=1S/C19H18ClN3O3/c1-10-8-15-16(22-18(25)17(24)21-15)14(11(10)2)9-23(3)19(26)12-4-6-13(20)7-5-12/h4-8H,9H2,1-3H3,(H,21,24)(H,22,25). The molecular weight excluding hydrogens is 354 g/mol. The van der Waals surface area contributed by atoms with Gasteiger partial charge < -0.3 is 14.9 Å². The minimum atomic E-state index is -0.714. The van der Waals surface area contributed by atoms with Crippen LogP contribution in [0.3, 0.4) is 0 Å². The van der Waals surface area contributed by atoms with Crippen LogP contribution in [0.2, 0.25) is 5.02 Å². The van der Waals surface area contributed by atoms with E-state index in [1.165, 1.54) is 0 Å². The van der Waals surface area contributed by atoms with Crippen LogP contribution in [0.15, 0.2) is 39.9 Å². The lowest BCUT2D eigenvalue weighted by Crippen LogP contribution is -2.31. The van der Waals surface area contributed by atoms with Crippen molar-refractivity contribution in [2.24, 2.45) is 0 Å². The van der Waals surface area contributed by atoms with Gasteiger partial charge in [0.05, 0.1) is 11.0 Å². The Balaban J connectivity index is 2.04. The van der Waals surface area contributed by atoms with Gasteiger partial charge in [-0.05, 0) is 55.3 Å². The highest BCUT2D eigenvalue weighted by molar-refractivity contribution is 6.30. The molecule has 0 radical (unpaired) electrons. The topological polar surface area (TPSA) is 86.0 Å². The summed E-state index contributed by atoms with van der Waals surface area (Å²) < 4.78 is 0. The van der Waals surface area contributed by atoms with E-state index >= 15 is 0 Å². The molecule has 1 aromatic heterocycles. The third-order valence-electron chi connectivity index (χ3n) is 4.50. The number of rotatable bonds is 3. The number of H-pyrrole nitrogens is 2. The number of aromatic nitrogens is 2. The number of nitrogens with zero attached hydrogens (tertiary/aromatic N) is 1. The zero-order valence-corrected chi connectivity index (χ0v) is 15.4. The minimum absolute atomic E-state index is 0.164. The summed E-state index contributed by atoms with van der Waals surface area (Å²) in [7, 11) is 1.69. The minimum Gasteiger partial charge on any atom is -0.337 e. The van der Waals surface area contributed by atoms with E-state index in [-0.39, 0.29) is 12.5 Å². The zero-order valence-electron chi connectivity index (χ0n) is 14.6. The van der Waals surface area contributed by atoms with Crippen molar-refractivity contribution in [3.8, 4) is 0 Å². The van der Waals surface area contributed by atoms with E-state index in [2.05, 4.69) is 9.97 Å². The molecule has 0 unspecified atom stereocenters. The molecule has 0 saturated carbocycles. The maximum atomic E-state index is 12.7. The summed E-state index contributed by atoms with van der Waals surface area (Å²) in [6.07, 6.45) is 0. The number of carbonyl (C=O) groups excluding carboxylic acids is 1. The molecule has 26 heavy (non-hydrogen) atoms. The van der Waals surface area contributed by atoms with Gasteiger partial charge in [0.25, 0.3) is 5.91 Å². The Morgan fingerprint density at radius 1 is 1.08 bits per heavy atom. The molecule has 6 nitrogen and oxygen atoms in total. The summed E-state index contributed by atoms with van der Waals surface area (Å²) in [5.74, 6) is -0.164. The van der Waals surface area contributed by atoms with Crippen molar-refractivity contribution in [3.63, 3.8) is 0 Å². The molecule has 134 valence electrons. The Labute approximate surface area is 154 Å². The van der Waals surface area contributed by atoms with Crippen LogP contribution in [0, 0.1) is 13.8 Å². The molecule has 3 aromatic rings. The van der Waals surface area contributed by atoms with E-state index in [0.29, 0.717) is 21.6 Å². The van der Waals surface area contributed by atoms with Gasteiger partial charge in [-0.15, -0.1) is 0 Å². The normalized spacial score (nSPS) is 10.9. The average molecular weight is 372 g/mol. The highest BCUT2D eigenvalue weighted by atomic mass is 35.5. The SMILES string of the molecule is Cc1cc2[nH]c(=O)c(=O)[nH]c2c(CN(C)C(=O)c2ccc(Cl)cc2)c1C. The molecule has 1 amide bonds. The van der Waals surface area contributed by atoms with Crippen molar-refractivity contribution >= 4 is 28.5 Å². The molecule has 3 rings (SSSR count). The molecule has 1 heterocycles. The van der Waals surface area contributed by atoms with Gasteiger partial charge in [-0.1, -0.05) is 11.6 Å². The second kappa shape index (κ2) is 6.80. The molecule has 0 bridgehead atoms. The number of hydrogen-bond donors (Lipinski definition) is 2. The summed E-state index contributed by atoms with van der Waals surface area (Å²) in [6.45, 7) is 4.13. The van der Waals surface area contributed by atoms with E-state index < -0.39 is 11.1 Å². The van der Waals surface area contributed by atoms with Crippen molar-refractivity contribution in [2.45, 2.75) is 20.4 Å². The van der Waals surface area contributed by atoms with Crippen LogP contribution in [0.1, 0.15) is 27.0 Å². The fourth-order valence-corrected chi connectivity index (χ4v) is 3.02. The summed E-state index contributed by atoms with van der Waals surface area (Å²) in [5, 5.41) is 0.561. The van der Waals surface area contributed by atoms with Crippen molar-refractivity contribution in [2.75, 3.05) is 7.05 Å². The van der Waals surface area contributed by atoms with Crippen molar-refractivity contribution in [1.29, 1.82) is 0 Å². The van der Waals surface area contributed by atoms with Crippen LogP contribution in [0.25, 0.3) is 11.0 Å². The van der Waals surface area contributed by atoms with Gasteiger partial charge in [0, 0.05) is 29.7 Å². The van der Waals surface area contributed by atoms with Gasteiger partial charge in [0.1, 0.15) is 0 Å². The van der Waals surface area contributed by atoms with E-state index in [1.807, 2.05) is 19.9 Å². The molecular formula is C19H18ClN3O3. The number of aryl methyl sites for hydroxylation is 1. The lowest BCUT2D eigenvalue weighted by Gasteiger charge is -2.21. The van der Waals surface area contributed by atoms with Gasteiger partial charge in [-0.2, -0.15) is 0 Å². The number of carbonyl (C=O) groups is 1. The van der Waals surface area contributed by atoms with Crippen LogP contribution in [-0.4, -0.2) is 27.8 Å². The maximum absolute atomic E-state index is 12.7. The van der Waals surface area contributed by atoms with E-state index in [1.54, 1.807) is 36.2 Å². The van der Waals surface area contributed by atoms with Crippen molar-refractivity contribution in [3.05, 3.63) is 78.3 Å². The zero-order chi connectivity index (χ0) is 19.0. The molecule has 0 fully saturated rings. The Kier molecular flexibility index (Phi) is 4.70. The van der Waals surface area contributed by atoms with E-state index in [0.717, 1.165) is 16.7 Å². The number of benzene rings is 2. The van der Waals surface area contributed by atoms with Crippen molar-refractivity contribution < 1.29 is 4.79 Å². The average Bonchev–Trinajstić information content (AvgIpc) is 2.61. The second-order valence-electron chi connectivity index (χ2n) is 6.30. The first kappa shape index (κ1) is 17.9. The third kappa shape index (κ3) is 3.28. The maximum Gasteiger partial charge on any atom is 0.314 e. The molecule has 0 saturated heterocycles. The van der Waals surface area contributed by atoms with Gasteiger partial charge in [0.2, 0.25) is 0 Å². The molecule has 0 aliphatic heterocycles. The Bertz CT molecular complexity index is 1110. The highest BCUT2D eigenvalue weighted by Gasteiger charge is 2.17. The summed E-state index contributed by atoms with van der Waals surface area (Å²) in [5.41, 5.74) is 2.89. The van der Waals surface area contributed by atoms with Crippen molar-refractivity contribution in [1.82, 2.24) is 14.9 Å². The highest BCUT2D eigenvalue weighted by Crippen LogP contribution is 2.23.